The van der Waals surface area contributed by atoms with Gasteiger partial charge in [0, 0.05) is 60.9 Å². The molecule has 0 N–H and O–H groups in total. The van der Waals surface area contributed by atoms with E-state index in [2.05, 4.69) is 15.1 Å². The average Bonchev–Trinajstić information content (AvgIpc) is 3.27. The van der Waals surface area contributed by atoms with E-state index in [9.17, 15) is 14.9 Å². The Kier molecular flexibility index (Phi) is 5.95. The predicted molar refractivity (Wildman–Crippen MR) is 130 cm³/mol. The minimum absolute atomic E-state index is 0.0493. The average molecular weight is 496 g/mol. The number of amides is 1. The van der Waals surface area contributed by atoms with Crippen LogP contribution in [0.4, 0.5) is 11.6 Å². The molecule has 3 heterocycles. The number of nitro groups is 1. The fourth-order valence-corrected chi connectivity index (χ4v) is 4.58. The summed E-state index contributed by atoms with van der Waals surface area (Å²) >= 11 is 6.23. The number of benzene rings is 2. The Morgan fingerprint density at radius 3 is 2.66 bits per heavy atom. The summed E-state index contributed by atoms with van der Waals surface area (Å²) in [6.07, 6.45) is 0. The second kappa shape index (κ2) is 9.08. The van der Waals surface area contributed by atoms with E-state index in [1.807, 2.05) is 17.4 Å². The quantitative estimate of drug-likeness (QED) is 0.305. The Labute approximate surface area is 205 Å². The molecule has 0 bridgehead atoms. The topological polar surface area (TPSA) is 119 Å². The minimum atomic E-state index is -0.483. The molecule has 180 valence electrons. The van der Waals surface area contributed by atoms with E-state index in [0.29, 0.717) is 53.2 Å². The zero-order chi connectivity index (χ0) is 24.7. The van der Waals surface area contributed by atoms with Crippen molar-refractivity contribution in [2.75, 3.05) is 31.6 Å². The summed E-state index contributed by atoms with van der Waals surface area (Å²) in [5, 5.41) is 21.0. The monoisotopic (exact) mass is 495 g/mol. The molecule has 4 aromatic rings. The molecule has 1 aliphatic heterocycles. The highest BCUT2D eigenvalue weighted by Crippen LogP contribution is 2.28. The molecule has 35 heavy (non-hydrogen) atoms. The SMILES string of the molecule is COCc1nnc2c3ccc(Cl)cc3nc(N3CCN(C(=O)c4ccc([N+](=O)[O-])cc4)C(C)C3)n12. The number of hydrogen-bond acceptors (Lipinski definition) is 8. The van der Waals surface area contributed by atoms with Crippen LogP contribution >= 0.6 is 11.6 Å². The lowest BCUT2D eigenvalue weighted by atomic mass is 10.1. The standard InChI is InChI=1S/C23H22ClN7O4/c1-14-12-28(9-10-29(14)22(32)15-3-6-17(7-4-15)31(33)34)23-25-19-11-16(24)5-8-18(19)21-27-26-20(13-35-2)30(21)23/h3-8,11,14H,9-10,12-13H2,1-2H3. The molecule has 5 rings (SSSR count). The molecule has 1 atom stereocenters. The van der Waals surface area contributed by atoms with Crippen molar-refractivity contribution in [1.29, 1.82) is 0 Å². The zero-order valence-electron chi connectivity index (χ0n) is 19.1. The summed E-state index contributed by atoms with van der Waals surface area (Å²) < 4.78 is 7.21. The Morgan fingerprint density at radius 1 is 1.20 bits per heavy atom. The summed E-state index contributed by atoms with van der Waals surface area (Å²) in [6, 6.07) is 11.0. The summed E-state index contributed by atoms with van der Waals surface area (Å²) in [6.45, 7) is 3.74. The second-order valence-electron chi connectivity index (χ2n) is 8.38. The van der Waals surface area contributed by atoms with Crippen molar-refractivity contribution in [3.05, 3.63) is 69.0 Å². The number of halogens is 1. The molecule has 2 aromatic heterocycles. The van der Waals surface area contributed by atoms with Gasteiger partial charge in [-0.1, -0.05) is 11.6 Å². The van der Waals surface area contributed by atoms with E-state index in [-0.39, 0.29) is 24.2 Å². The molecule has 1 aliphatic rings. The Balaban J connectivity index is 1.47. The minimum Gasteiger partial charge on any atom is -0.377 e. The van der Waals surface area contributed by atoms with Crippen LogP contribution in [-0.2, 0) is 11.3 Å². The number of fused-ring (bicyclic) bond motifs is 3. The third-order valence-electron chi connectivity index (χ3n) is 6.12. The maximum Gasteiger partial charge on any atom is 0.269 e. The number of rotatable bonds is 5. The molecular weight excluding hydrogens is 474 g/mol. The Hall–Kier alpha value is -3.83. The number of ether oxygens (including phenoxy) is 1. The van der Waals surface area contributed by atoms with Gasteiger partial charge in [-0.3, -0.25) is 14.9 Å². The Morgan fingerprint density at radius 2 is 1.97 bits per heavy atom. The summed E-state index contributed by atoms with van der Waals surface area (Å²) in [5.74, 6) is 1.11. The van der Waals surface area contributed by atoms with Gasteiger partial charge in [0.25, 0.3) is 11.6 Å². The summed E-state index contributed by atoms with van der Waals surface area (Å²) in [4.78, 5) is 32.3. The van der Waals surface area contributed by atoms with Crippen molar-refractivity contribution in [3.8, 4) is 0 Å². The van der Waals surface area contributed by atoms with Gasteiger partial charge >= 0.3 is 0 Å². The zero-order valence-corrected chi connectivity index (χ0v) is 19.8. The van der Waals surface area contributed by atoms with Gasteiger partial charge in [-0.15, -0.1) is 10.2 Å². The lowest BCUT2D eigenvalue weighted by Gasteiger charge is -2.40. The van der Waals surface area contributed by atoms with E-state index in [1.54, 1.807) is 24.1 Å². The molecule has 0 spiro atoms. The normalized spacial score (nSPS) is 16.3. The first-order valence-electron chi connectivity index (χ1n) is 11.0. The number of carbonyl (C=O) groups is 1. The van der Waals surface area contributed by atoms with Crippen molar-refractivity contribution in [2.45, 2.75) is 19.6 Å². The largest absolute Gasteiger partial charge is 0.377 e. The van der Waals surface area contributed by atoms with Gasteiger partial charge in [-0.25, -0.2) is 9.38 Å². The number of hydrogen-bond donors (Lipinski definition) is 0. The van der Waals surface area contributed by atoms with E-state index in [4.69, 9.17) is 21.3 Å². The van der Waals surface area contributed by atoms with Crippen molar-refractivity contribution < 1.29 is 14.5 Å². The van der Waals surface area contributed by atoms with Crippen LogP contribution in [0.2, 0.25) is 5.02 Å². The van der Waals surface area contributed by atoms with Gasteiger partial charge in [0.15, 0.2) is 11.5 Å². The van der Waals surface area contributed by atoms with Crippen molar-refractivity contribution in [2.24, 2.45) is 0 Å². The van der Waals surface area contributed by atoms with Crippen LogP contribution in [0, 0.1) is 10.1 Å². The fraction of sp³-hybridized carbons (Fsp3) is 0.304. The fourth-order valence-electron chi connectivity index (χ4n) is 4.41. The van der Waals surface area contributed by atoms with E-state index in [0.717, 1.165) is 5.39 Å². The van der Waals surface area contributed by atoms with Gasteiger partial charge < -0.3 is 14.5 Å². The maximum atomic E-state index is 13.1. The van der Waals surface area contributed by atoms with E-state index < -0.39 is 4.92 Å². The Bertz CT molecular complexity index is 1440. The van der Waals surface area contributed by atoms with Gasteiger partial charge in [0.05, 0.1) is 10.4 Å². The number of anilines is 1. The van der Waals surface area contributed by atoms with Gasteiger partial charge in [-0.05, 0) is 37.3 Å². The smallest absolute Gasteiger partial charge is 0.269 e. The number of non-ortho nitro benzene ring substituents is 1. The number of methoxy groups -OCH3 is 1. The van der Waals surface area contributed by atoms with Gasteiger partial charge in [0.2, 0.25) is 5.95 Å². The van der Waals surface area contributed by atoms with E-state index in [1.165, 1.54) is 24.3 Å². The third-order valence-corrected chi connectivity index (χ3v) is 6.36. The van der Waals surface area contributed by atoms with Crippen LogP contribution in [0.25, 0.3) is 16.6 Å². The summed E-state index contributed by atoms with van der Waals surface area (Å²) in [7, 11) is 1.60. The first-order valence-corrected chi connectivity index (χ1v) is 11.4. The first kappa shape index (κ1) is 22.9. The van der Waals surface area contributed by atoms with Crippen LogP contribution in [0.1, 0.15) is 23.1 Å². The van der Waals surface area contributed by atoms with E-state index >= 15 is 0 Å². The molecule has 0 aliphatic carbocycles. The first-order chi connectivity index (χ1) is 16.9. The molecular formula is C23H22ClN7O4. The molecule has 1 unspecified atom stereocenters. The highest BCUT2D eigenvalue weighted by Gasteiger charge is 2.31. The van der Waals surface area contributed by atoms with Crippen LogP contribution < -0.4 is 4.90 Å². The van der Waals surface area contributed by atoms with Crippen molar-refractivity contribution in [1.82, 2.24) is 24.5 Å². The lowest BCUT2D eigenvalue weighted by Crippen LogP contribution is -2.54. The molecule has 1 fully saturated rings. The number of aromatic nitrogens is 4. The highest BCUT2D eigenvalue weighted by atomic mass is 35.5. The maximum absolute atomic E-state index is 13.1. The molecule has 0 saturated carbocycles. The molecule has 12 heteroatoms. The second-order valence-corrected chi connectivity index (χ2v) is 8.82. The van der Waals surface area contributed by atoms with Gasteiger partial charge in [-0.2, -0.15) is 0 Å². The number of nitro benzene ring substituents is 1. The number of nitrogens with zero attached hydrogens (tertiary/aromatic N) is 7. The number of carbonyl (C=O) groups excluding carboxylic acids is 1. The molecule has 2 aromatic carbocycles. The van der Waals surface area contributed by atoms with Crippen molar-refractivity contribution in [3.63, 3.8) is 0 Å². The molecule has 1 amide bonds. The summed E-state index contributed by atoms with van der Waals surface area (Å²) in [5.41, 5.74) is 1.73. The van der Waals surface area contributed by atoms with Crippen LogP contribution in [0.3, 0.4) is 0 Å². The van der Waals surface area contributed by atoms with Crippen LogP contribution in [0.5, 0.6) is 0 Å². The molecule has 0 radical (unpaired) electrons. The van der Waals surface area contributed by atoms with Crippen LogP contribution in [-0.4, -0.2) is 68.1 Å². The molecule has 1 saturated heterocycles. The molecule has 11 nitrogen and oxygen atoms in total. The highest BCUT2D eigenvalue weighted by molar-refractivity contribution is 6.31. The van der Waals surface area contributed by atoms with Crippen molar-refractivity contribution >= 4 is 45.7 Å². The third kappa shape index (κ3) is 4.13. The van der Waals surface area contributed by atoms with Gasteiger partial charge in [0.1, 0.15) is 6.61 Å². The predicted octanol–water partition coefficient (Wildman–Crippen LogP) is 3.34. The lowest BCUT2D eigenvalue weighted by molar-refractivity contribution is -0.384. The van der Waals surface area contributed by atoms with Crippen LogP contribution in [0.15, 0.2) is 42.5 Å². The number of piperazine rings is 1.